The van der Waals surface area contributed by atoms with Gasteiger partial charge in [-0.3, -0.25) is 0 Å². The van der Waals surface area contributed by atoms with E-state index in [0.717, 1.165) is 34.5 Å². The monoisotopic (exact) mass is 432 g/mol. The van der Waals surface area contributed by atoms with Crippen molar-refractivity contribution in [1.82, 2.24) is 24.8 Å². The summed E-state index contributed by atoms with van der Waals surface area (Å²) in [6, 6.07) is 17.6. The van der Waals surface area contributed by atoms with E-state index in [4.69, 9.17) is 27.4 Å². The quantitative estimate of drug-likeness (QED) is 0.412. The average Bonchev–Trinajstić information content (AvgIpc) is 3.41. The van der Waals surface area contributed by atoms with Gasteiger partial charge in [0.05, 0.1) is 17.0 Å². The van der Waals surface area contributed by atoms with Crippen molar-refractivity contribution < 1.29 is 0 Å². The summed E-state index contributed by atoms with van der Waals surface area (Å²) in [7, 11) is 0. The Morgan fingerprint density at radius 3 is 2.50 bits per heavy atom. The van der Waals surface area contributed by atoms with Crippen LogP contribution in [0.25, 0.3) is 38.7 Å². The fourth-order valence-corrected chi connectivity index (χ4v) is 4.34. The van der Waals surface area contributed by atoms with Crippen molar-refractivity contribution in [3.8, 4) is 33.1 Å². The zero-order chi connectivity index (χ0) is 20.7. The molecule has 6 nitrogen and oxygen atoms in total. The number of rotatable bonds is 4. The summed E-state index contributed by atoms with van der Waals surface area (Å²) in [5, 5.41) is 17.0. The van der Waals surface area contributed by atoms with Crippen molar-refractivity contribution in [3.63, 3.8) is 0 Å². The fraction of sp³-hybridized carbons (Fsp3) is 0.0909. The molecule has 5 rings (SSSR count). The number of aryl methyl sites for hydroxylation is 1. The van der Waals surface area contributed by atoms with E-state index in [2.05, 4.69) is 17.1 Å². The number of halogens is 1. The molecule has 0 unspecified atom stereocenters. The van der Waals surface area contributed by atoms with Crippen LogP contribution in [0.4, 0.5) is 5.82 Å². The van der Waals surface area contributed by atoms with Gasteiger partial charge in [0.25, 0.3) is 0 Å². The molecule has 0 amide bonds. The maximum absolute atomic E-state index is 6.48. The Morgan fingerprint density at radius 1 is 1.00 bits per heavy atom. The van der Waals surface area contributed by atoms with Crippen LogP contribution in [0.1, 0.15) is 12.6 Å². The molecule has 0 aliphatic rings. The van der Waals surface area contributed by atoms with Crippen molar-refractivity contribution in [1.29, 1.82) is 0 Å². The maximum atomic E-state index is 6.48. The van der Waals surface area contributed by atoms with Gasteiger partial charge in [0, 0.05) is 16.0 Å². The lowest BCUT2D eigenvalue weighted by Crippen LogP contribution is -2.05. The molecule has 30 heavy (non-hydrogen) atoms. The molecule has 0 atom stereocenters. The Hall–Kier alpha value is -3.29. The Bertz CT molecular complexity index is 1340. The van der Waals surface area contributed by atoms with E-state index in [1.165, 1.54) is 11.3 Å². The number of nitrogen functional groups attached to an aromatic ring is 1. The van der Waals surface area contributed by atoms with E-state index in [-0.39, 0.29) is 0 Å². The summed E-state index contributed by atoms with van der Waals surface area (Å²) in [5.74, 6) is 0.420. The van der Waals surface area contributed by atoms with E-state index in [0.29, 0.717) is 27.2 Å². The average molecular weight is 433 g/mol. The summed E-state index contributed by atoms with van der Waals surface area (Å²) in [6.45, 7) is 2.05. The van der Waals surface area contributed by atoms with Crippen molar-refractivity contribution in [3.05, 3.63) is 70.7 Å². The highest BCUT2D eigenvalue weighted by molar-refractivity contribution is 7.13. The molecule has 2 aromatic carbocycles. The number of fused-ring (bicyclic) bond motifs is 1. The van der Waals surface area contributed by atoms with Gasteiger partial charge in [-0.1, -0.05) is 61.0 Å². The van der Waals surface area contributed by atoms with Gasteiger partial charge in [0.1, 0.15) is 5.01 Å². The third-order valence-corrected chi connectivity index (χ3v) is 5.99. The van der Waals surface area contributed by atoms with E-state index >= 15 is 0 Å². The van der Waals surface area contributed by atoms with Crippen molar-refractivity contribution in [2.45, 2.75) is 13.3 Å². The van der Waals surface area contributed by atoms with Gasteiger partial charge in [-0.05, 0) is 24.1 Å². The Labute approximate surface area is 182 Å². The molecule has 0 bridgehead atoms. The van der Waals surface area contributed by atoms with Gasteiger partial charge in [-0.2, -0.15) is 9.61 Å². The lowest BCUT2D eigenvalue weighted by molar-refractivity contribution is 0.872. The van der Waals surface area contributed by atoms with Crippen molar-refractivity contribution in [2.24, 2.45) is 0 Å². The van der Waals surface area contributed by atoms with Crippen LogP contribution in [0.15, 0.2) is 60.0 Å². The Kier molecular flexibility index (Phi) is 4.69. The minimum atomic E-state index is 0.420. The number of benzene rings is 2. The standard InChI is InChI=1S/C22H17ClN6S/c1-2-16-18(14-8-10-15(23)11-9-14)21-27-26-19(20(24)29(21)28-16)22-25-17(12-30-22)13-6-4-3-5-7-13/h3-12H,2,24H2,1H3. The van der Waals surface area contributed by atoms with Crippen LogP contribution in [0.2, 0.25) is 5.02 Å². The molecule has 148 valence electrons. The molecule has 3 aromatic heterocycles. The zero-order valence-corrected chi connectivity index (χ0v) is 17.7. The summed E-state index contributed by atoms with van der Waals surface area (Å²) in [6.07, 6.45) is 0.742. The number of aromatic nitrogens is 5. The van der Waals surface area contributed by atoms with E-state index in [1.807, 2.05) is 60.0 Å². The van der Waals surface area contributed by atoms with E-state index in [1.54, 1.807) is 4.52 Å². The third-order valence-electron chi connectivity index (χ3n) is 4.89. The van der Waals surface area contributed by atoms with Gasteiger partial charge >= 0.3 is 0 Å². The van der Waals surface area contributed by atoms with Gasteiger partial charge in [-0.25, -0.2) is 4.98 Å². The molecular weight excluding hydrogens is 416 g/mol. The topological polar surface area (TPSA) is 82.0 Å². The highest BCUT2D eigenvalue weighted by Gasteiger charge is 2.21. The molecule has 0 spiro atoms. The fourth-order valence-electron chi connectivity index (χ4n) is 3.40. The number of nitrogens with zero attached hydrogens (tertiary/aromatic N) is 5. The van der Waals surface area contributed by atoms with Gasteiger partial charge in [0.15, 0.2) is 17.2 Å². The van der Waals surface area contributed by atoms with Crippen LogP contribution in [0.5, 0.6) is 0 Å². The lowest BCUT2D eigenvalue weighted by atomic mass is 10.0. The number of nitrogens with two attached hydrogens (primary N) is 1. The van der Waals surface area contributed by atoms with Gasteiger partial charge in [0.2, 0.25) is 0 Å². The van der Waals surface area contributed by atoms with Crippen LogP contribution in [-0.2, 0) is 6.42 Å². The second-order valence-electron chi connectivity index (χ2n) is 6.76. The predicted octanol–water partition coefficient (Wildman–Crippen LogP) is 5.38. The second kappa shape index (κ2) is 7.51. The summed E-state index contributed by atoms with van der Waals surface area (Å²) in [4.78, 5) is 4.72. The molecule has 0 aliphatic carbocycles. The summed E-state index contributed by atoms with van der Waals surface area (Å²) >= 11 is 7.54. The molecule has 3 heterocycles. The van der Waals surface area contributed by atoms with Crippen LogP contribution in [-0.4, -0.2) is 24.8 Å². The minimum Gasteiger partial charge on any atom is -0.382 e. The number of thiazole rings is 1. The van der Waals surface area contributed by atoms with Crippen LogP contribution >= 0.6 is 22.9 Å². The molecule has 0 saturated carbocycles. The zero-order valence-electron chi connectivity index (χ0n) is 16.1. The van der Waals surface area contributed by atoms with Crippen LogP contribution in [0, 0.1) is 0 Å². The normalized spacial score (nSPS) is 11.3. The SMILES string of the molecule is CCc1nn2c(N)c(-c3nc(-c4ccccc4)cs3)nnc2c1-c1ccc(Cl)cc1. The van der Waals surface area contributed by atoms with E-state index in [9.17, 15) is 0 Å². The molecule has 0 radical (unpaired) electrons. The van der Waals surface area contributed by atoms with Crippen LogP contribution in [0.3, 0.4) is 0 Å². The largest absolute Gasteiger partial charge is 0.382 e. The summed E-state index contributed by atoms with van der Waals surface area (Å²) in [5.41, 5.74) is 12.4. The highest BCUT2D eigenvalue weighted by Crippen LogP contribution is 2.34. The number of hydrogen-bond acceptors (Lipinski definition) is 6. The lowest BCUT2D eigenvalue weighted by Gasteiger charge is -2.04. The molecule has 5 aromatic rings. The van der Waals surface area contributed by atoms with Gasteiger partial charge < -0.3 is 5.73 Å². The van der Waals surface area contributed by atoms with Crippen molar-refractivity contribution in [2.75, 3.05) is 5.73 Å². The van der Waals surface area contributed by atoms with E-state index < -0.39 is 0 Å². The first-order valence-electron chi connectivity index (χ1n) is 9.46. The Morgan fingerprint density at radius 2 is 1.77 bits per heavy atom. The third kappa shape index (κ3) is 3.12. The molecule has 0 saturated heterocycles. The Balaban J connectivity index is 1.64. The predicted molar refractivity (Wildman–Crippen MR) is 122 cm³/mol. The second-order valence-corrected chi connectivity index (χ2v) is 8.05. The molecule has 2 N–H and O–H groups in total. The minimum absolute atomic E-state index is 0.420. The smallest absolute Gasteiger partial charge is 0.187 e. The van der Waals surface area contributed by atoms with Crippen molar-refractivity contribution >= 4 is 34.4 Å². The number of hydrogen-bond donors (Lipinski definition) is 1. The molecule has 0 aliphatic heterocycles. The molecule has 0 fully saturated rings. The first-order valence-corrected chi connectivity index (χ1v) is 10.7. The summed E-state index contributed by atoms with van der Waals surface area (Å²) < 4.78 is 1.66. The maximum Gasteiger partial charge on any atom is 0.187 e. The van der Waals surface area contributed by atoms with Gasteiger partial charge in [-0.15, -0.1) is 21.5 Å². The number of anilines is 1. The molecule has 8 heteroatoms. The highest BCUT2D eigenvalue weighted by atomic mass is 35.5. The molecular formula is C22H17ClN6S. The first kappa shape index (κ1) is 18.7. The first-order chi connectivity index (χ1) is 14.7. The van der Waals surface area contributed by atoms with Crippen LogP contribution < -0.4 is 5.73 Å².